The SMILES string of the molecule is COc1ccccc1/C=C\N1CCCC1=O. The highest BCUT2D eigenvalue weighted by Crippen LogP contribution is 2.20. The van der Waals surface area contributed by atoms with Gasteiger partial charge in [0.2, 0.25) is 5.91 Å². The molecule has 1 aromatic rings. The van der Waals surface area contributed by atoms with Gasteiger partial charge in [0, 0.05) is 24.7 Å². The molecule has 2 rings (SSSR count). The van der Waals surface area contributed by atoms with Gasteiger partial charge in [0.1, 0.15) is 5.75 Å². The van der Waals surface area contributed by atoms with Crippen molar-refractivity contribution < 1.29 is 9.53 Å². The van der Waals surface area contributed by atoms with E-state index in [1.165, 1.54) is 0 Å². The van der Waals surface area contributed by atoms with Crippen molar-refractivity contribution in [1.82, 2.24) is 4.90 Å². The molecule has 1 aliphatic heterocycles. The molecule has 0 atom stereocenters. The van der Waals surface area contributed by atoms with Crippen molar-refractivity contribution in [2.24, 2.45) is 0 Å². The van der Waals surface area contributed by atoms with Crippen molar-refractivity contribution in [3.63, 3.8) is 0 Å². The van der Waals surface area contributed by atoms with Crippen LogP contribution in [0.25, 0.3) is 6.08 Å². The van der Waals surface area contributed by atoms with Crippen LogP contribution in [-0.4, -0.2) is 24.5 Å². The fraction of sp³-hybridized carbons (Fsp3) is 0.308. The zero-order valence-corrected chi connectivity index (χ0v) is 9.35. The van der Waals surface area contributed by atoms with Crippen LogP contribution in [0.1, 0.15) is 18.4 Å². The second kappa shape index (κ2) is 4.84. The topological polar surface area (TPSA) is 29.5 Å². The number of rotatable bonds is 3. The van der Waals surface area contributed by atoms with Gasteiger partial charge < -0.3 is 9.64 Å². The second-order valence-electron chi connectivity index (χ2n) is 3.75. The third-order valence-corrected chi connectivity index (χ3v) is 2.68. The van der Waals surface area contributed by atoms with Crippen molar-refractivity contribution >= 4 is 12.0 Å². The van der Waals surface area contributed by atoms with Gasteiger partial charge in [-0.25, -0.2) is 0 Å². The molecule has 1 aromatic carbocycles. The van der Waals surface area contributed by atoms with Crippen LogP contribution < -0.4 is 4.74 Å². The van der Waals surface area contributed by atoms with Crippen LogP contribution in [0.2, 0.25) is 0 Å². The average molecular weight is 217 g/mol. The summed E-state index contributed by atoms with van der Waals surface area (Å²) in [4.78, 5) is 13.1. The Morgan fingerprint density at radius 3 is 2.88 bits per heavy atom. The van der Waals surface area contributed by atoms with Gasteiger partial charge in [-0.1, -0.05) is 18.2 Å². The van der Waals surface area contributed by atoms with Crippen LogP contribution in [-0.2, 0) is 4.79 Å². The maximum atomic E-state index is 11.4. The first-order valence-corrected chi connectivity index (χ1v) is 5.42. The molecule has 0 spiro atoms. The lowest BCUT2D eigenvalue weighted by molar-refractivity contribution is -0.125. The Morgan fingerprint density at radius 1 is 1.38 bits per heavy atom. The first-order chi connectivity index (χ1) is 7.81. The number of ether oxygens (including phenoxy) is 1. The minimum atomic E-state index is 0.200. The quantitative estimate of drug-likeness (QED) is 0.777. The van der Waals surface area contributed by atoms with Gasteiger partial charge >= 0.3 is 0 Å². The monoisotopic (exact) mass is 217 g/mol. The number of likely N-dealkylation sites (tertiary alicyclic amines) is 1. The number of amides is 1. The van der Waals surface area contributed by atoms with Crippen LogP contribution in [0.4, 0.5) is 0 Å². The molecule has 0 saturated carbocycles. The molecule has 1 heterocycles. The summed E-state index contributed by atoms with van der Waals surface area (Å²) in [5.74, 6) is 1.02. The molecule has 1 fully saturated rings. The number of benzene rings is 1. The molecule has 3 heteroatoms. The number of para-hydroxylation sites is 1. The summed E-state index contributed by atoms with van der Waals surface area (Å²) >= 11 is 0. The Hall–Kier alpha value is -1.77. The predicted molar refractivity (Wildman–Crippen MR) is 63.0 cm³/mol. The van der Waals surface area contributed by atoms with Gasteiger partial charge in [0.15, 0.2) is 0 Å². The molecule has 3 nitrogen and oxygen atoms in total. The van der Waals surface area contributed by atoms with Crippen molar-refractivity contribution in [2.75, 3.05) is 13.7 Å². The van der Waals surface area contributed by atoms with E-state index in [1.54, 1.807) is 12.0 Å². The Kier molecular flexibility index (Phi) is 3.25. The molecule has 0 bridgehead atoms. The second-order valence-corrected chi connectivity index (χ2v) is 3.75. The molecule has 1 amide bonds. The summed E-state index contributed by atoms with van der Waals surface area (Å²) in [6.45, 7) is 0.824. The highest BCUT2D eigenvalue weighted by atomic mass is 16.5. The van der Waals surface area contributed by atoms with E-state index in [-0.39, 0.29) is 5.91 Å². The predicted octanol–water partition coefficient (Wildman–Crippen LogP) is 2.29. The molecule has 0 radical (unpaired) electrons. The van der Waals surface area contributed by atoms with Crippen LogP contribution in [0.3, 0.4) is 0 Å². The average Bonchev–Trinajstić information content (AvgIpc) is 2.72. The van der Waals surface area contributed by atoms with Gasteiger partial charge in [0.05, 0.1) is 7.11 Å². The number of nitrogens with zero attached hydrogens (tertiary/aromatic N) is 1. The molecule has 1 saturated heterocycles. The summed E-state index contributed by atoms with van der Waals surface area (Å²) in [5.41, 5.74) is 0.990. The van der Waals surface area contributed by atoms with Gasteiger partial charge in [0.25, 0.3) is 0 Å². The smallest absolute Gasteiger partial charge is 0.226 e. The van der Waals surface area contributed by atoms with Crippen LogP contribution in [0.5, 0.6) is 5.75 Å². The third-order valence-electron chi connectivity index (χ3n) is 2.68. The Bertz CT molecular complexity index is 412. The lowest BCUT2D eigenvalue weighted by atomic mass is 10.2. The number of methoxy groups -OCH3 is 1. The fourth-order valence-electron chi connectivity index (χ4n) is 1.80. The largest absolute Gasteiger partial charge is 0.496 e. The first kappa shape index (κ1) is 10.7. The van der Waals surface area contributed by atoms with Crippen molar-refractivity contribution in [1.29, 1.82) is 0 Å². The van der Waals surface area contributed by atoms with E-state index < -0.39 is 0 Å². The summed E-state index contributed by atoms with van der Waals surface area (Å²) < 4.78 is 5.23. The minimum absolute atomic E-state index is 0.200. The Morgan fingerprint density at radius 2 is 2.19 bits per heavy atom. The summed E-state index contributed by atoms with van der Waals surface area (Å²) in [7, 11) is 1.65. The summed E-state index contributed by atoms with van der Waals surface area (Å²) in [6.07, 6.45) is 5.38. The summed E-state index contributed by atoms with van der Waals surface area (Å²) in [6, 6.07) is 7.76. The summed E-state index contributed by atoms with van der Waals surface area (Å²) in [5, 5.41) is 0. The van der Waals surface area contributed by atoms with Gasteiger partial charge in [-0.15, -0.1) is 0 Å². The van der Waals surface area contributed by atoms with Crippen LogP contribution in [0, 0.1) is 0 Å². The number of hydrogen-bond donors (Lipinski definition) is 0. The van der Waals surface area contributed by atoms with Crippen LogP contribution >= 0.6 is 0 Å². The van der Waals surface area contributed by atoms with Gasteiger partial charge in [-0.3, -0.25) is 4.79 Å². The van der Waals surface area contributed by atoms with Gasteiger partial charge in [-0.2, -0.15) is 0 Å². The van der Waals surface area contributed by atoms with E-state index in [1.807, 2.05) is 36.5 Å². The Balaban J connectivity index is 2.13. The lowest BCUT2D eigenvalue weighted by Crippen LogP contribution is -2.17. The number of hydrogen-bond acceptors (Lipinski definition) is 2. The van der Waals surface area contributed by atoms with E-state index in [0.29, 0.717) is 6.42 Å². The minimum Gasteiger partial charge on any atom is -0.496 e. The molecular weight excluding hydrogens is 202 g/mol. The standard InChI is InChI=1S/C13H15NO2/c1-16-12-6-3-2-5-11(12)8-10-14-9-4-7-13(14)15/h2-3,5-6,8,10H,4,7,9H2,1H3/b10-8-. The number of carbonyl (C=O) groups excluding carboxylic acids is 1. The highest BCUT2D eigenvalue weighted by Gasteiger charge is 2.17. The molecule has 1 aliphatic rings. The van der Waals surface area contributed by atoms with E-state index in [4.69, 9.17) is 4.74 Å². The highest BCUT2D eigenvalue weighted by molar-refractivity contribution is 5.80. The fourth-order valence-corrected chi connectivity index (χ4v) is 1.80. The third kappa shape index (κ3) is 2.24. The maximum absolute atomic E-state index is 11.4. The van der Waals surface area contributed by atoms with E-state index in [2.05, 4.69) is 0 Å². The number of carbonyl (C=O) groups is 1. The molecule has 0 N–H and O–H groups in total. The van der Waals surface area contributed by atoms with Crippen LogP contribution in [0.15, 0.2) is 30.5 Å². The molecule has 0 aliphatic carbocycles. The van der Waals surface area contributed by atoms with Gasteiger partial charge in [-0.05, 0) is 18.6 Å². The molecule has 84 valence electrons. The van der Waals surface area contributed by atoms with E-state index in [0.717, 1.165) is 24.3 Å². The maximum Gasteiger partial charge on any atom is 0.226 e. The van der Waals surface area contributed by atoms with Crippen molar-refractivity contribution in [3.05, 3.63) is 36.0 Å². The first-order valence-electron chi connectivity index (χ1n) is 5.42. The zero-order valence-electron chi connectivity index (χ0n) is 9.35. The van der Waals surface area contributed by atoms with E-state index >= 15 is 0 Å². The molecule has 0 unspecified atom stereocenters. The van der Waals surface area contributed by atoms with Crippen molar-refractivity contribution in [3.8, 4) is 5.75 Å². The zero-order chi connectivity index (χ0) is 11.4. The molecular formula is C13H15NO2. The van der Waals surface area contributed by atoms with Crippen molar-refractivity contribution in [2.45, 2.75) is 12.8 Å². The molecule has 0 aromatic heterocycles. The normalized spacial score (nSPS) is 16.1. The van der Waals surface area contributed by atoms with E-state index in [9.17, 15) is 4.79 Å². The Labute approximate surface area is 95.3 Å². The molecule has 16 heavy (non-hydrogen) atoms. The lowest BCUT2D eigenvalue weighted by Gasteiger charge is -2.09.